The van der Waals surface area contributed by atoms with Crippen LogP contribution in [0.15, 0.2) is 18.2 Å². The molecular formula is C16H25NO2. The summed E-state index contributed by atoms with van der Waals surface area (Å²) >= 11 is 0. The Morgan fingerprint density at radius 3 is 3.00 bits per heavy atom. The van der Waals surface area contributed by atoms with Crippen LogP contribution in [0, 0.1) is 0 Å². The van der Waals surface area contributed by atoms with Crippen molar-refractivity contribution in [3.8, 4) is 5.75 Å². The normalized spacial score (nSPS) is 21.8. The lowest BCUT2D eigenvalue weighted by Crippen LogP contribution is -2.32. The van der Waals surface area contributed by atoms with Crippen molar-refractivity contribution in [2.24, 2.45) is 0 Å². The number of fused-ring (bicyclic) bond motifs is 1. The van der Waals surface area contributed by atoms with Gasteiger partial charge in [0, 0.05) is 25.1 Å². The lowest BCUT2D eigenvalue weighted by atomic mass is 9.94. The molecule has 0 spiro atoms. The SMILES string of the molecule is CCCNC1CC(C)Oc2ccc(CCOC)cc21. The van der Waals surface area contributed by atoms with Crippen LogP contribution in [0.3, 0.4) is 0 Å². The molecule has 106 valence electrons. The summed E-state index contributed by atoms with van der Waals surface area (Å²) in [4.78, 5) is 0. The van der Waals surface area contributed by atoms with Gasteiger partial charge in [-0.2, -0.15) is 0 Å². The number of ether oxygens (including phenoxy) is 2. The van der Waals surface area contributed by atoms with Gasteiger partial charge in [0.15, 0.2) is 0 Å². The summed E-state index contributed by atoms with van der Waals surface area (Å²) in [6.45, 7) is 6.16. The van der Waals surface area contributed by atoms with Crippen molar-refractivity contribution in [1.82, 2.24) is 5.32 Å². The highest BCUT2D eigenvalue weighted by Gasteiger charge is 2.25. The van der Waals surface area contributed by atoms with Crippen LogP contribution in [-0.2, 0) is 11.2 Å². The number of methoxy groups -OCH3 is 1. The lowest BCUT2D eigenvalue weighted by Gasteiger charge is -2.31. The molecule has 19 heavy (non-hydrogen) atoms. The first-order valence-electron chi connectivity index (χ1n) is 7.26. The third kappa shape index (κ3) is 3.71. The van der Waals surface area contributed by atoms with Crippen LogP contribution in [0.2, 0.25) is 0 Å². The maximum absolute atomic E-state index is 5.93. The summed E-state index contributed by atoms with van der Waals surface area (Å²) in [5, 5.41) is 3.63. The second-order valence-corrected chi connectivity index (χ2v) is 5.29. The topological polar surface area (TPSA) is 30.5 Å². The molecule has 0 saturated carbocycles. The van der Waals surface area contributed by atoms with Gasteiger partial charge in [-0.1, -0.05) is 19.1 Å². The minimum Gasteiger partial charge on any atom is -0.490 e. The second-order valence-electron chi connectivity index (χ2n) is 5.29. The summed E-state index contributed by atoms with van der Waals surface area (Å²) in [6, 6.07) is 6.94. The monoisotopic (exact) mass is 263 g/mol. The molecule has 2 unspecified atom stereocenters. The Kier molecular flexibility index (Phi) is 5.23. The van der Waals surface area contributed by atoms with E-state index in [0.29, 0.717) is 6.04 Å². The van der Waals surface area contributed by atoms with Gasteiger partial charge in [0.25, 0.3) is 0 Å². The number of benzene rings is 1. The van der Waals surface area contributed by atoms with Crippen LogP contribution in [0.4, 0.5) is 0 Å². The number of hydrogen-bond acceptors (Lipinski definition) is 3. The molecule has 0 saturated heterocycles. The zero-order valence-corrected chi connectivity index (χ0v) is 12.2. The molecule has 1 aliphatic heterocycles. The van der Waals surface area contributed by atoms with Crippen molar-refractivity contribution in [1.29, 1.82) is 0 Å². The molecule has 0 aliphatic carbocycles. The fraction of sp³-hybridized carbons (Fsp3) is 0.625. The summed E-state index contributed by atoms with van der Waals surface area (Å²) in [5.41, 5.74) is 2.63. The molecule has 1 aliphatic rings. The van der Waals surface area contributed by atoms with Gasteiger partial charge in [0.05, 0.1) is 12.7 Å². The van der Waals surface area contributed by atoms with Crippen molar-refractivity contribution >= 4 is 0 Å². The molecular weight excluding hydrogens is 238 g/mol. The smallest absolute Gasteiger partial charge is 0.124 e. The van der Waals surface area contributed by atoms with Crippen molar-refractivity contribution in [3.63, 3.8) is 0 Å². The summed E-state index contributed by atoms with van der Waals surface area (Å²) in [5.74, 6) is 1.04. The van der Waals surface area contributed by atoms with E-state index < -0.39 is 0 Å². The zero-order chi connectivity index (χ0) is 13.7. The molecule has 0 amide bonds. The Morgan fingerprint density at radius 2 is 2.26 bits per heavy atom. The standard InChI is InChI=1S/C16H25NO2/c1-4-8-17-15-10-12(2)19-16-6-5-13(7-9-18-3)11-14(15)16/h5-6,11-12,15,17H,4,7-10H2,1-3H3. The first-order chi connectivity index (χ1) is 9.24. The highest BCUT2D eigenvalue weighted by molar-refractivity contribution is 5.41. The van der Waals surface area contributed by atoms with Gasteiger partial charge in [-0.25, -0.2) is 0 Å². The van der Waals surface area contributed by atoms with Gasteiger partial charge < -0.3 is 14.8 Å². The Bertz CT molecular complexity index is 406. The molecule has 1 aromatic rings. The van der Waals surface area contributed by atoms with Crippen molar-refractivity contribution in [2.45, 2.75) is 45.3 Å². The van der Waals surface area contributed by atoms with Crippen molar-refractivity contribution in [2.75, 3.05) is 20.3 Å². The molecule has 2 atom stereocenters. The van der Waals surface area contributed by atoms with E-state index in [1.54, 1.807) is 7.11 Å². The van der Waals surface area contributed by atoms with E-state index in [2.05, 4.69) is 37.4 Å². The van der Waals surface area contributed by atoms with Crippen LogP contribution >= 0.6 is 0 Å². The van der Waals surface area contributed by atoms with Gasteiger partial charge in [-0.05, 0) is 37.9 Å². The van der Waals surface area contributed by atoms with Crippen LogP contribution in [0.1, 0.15) is 43.9 Å². The molecule has 0 radical (unpaired) electrons. The predicted molar refractivity (Wildman–Crippen MR) is 77.8 cm³/mol. The largest absolute Gasteiger partial charge is 0.490 e. The molecule has 0 bridgehead atoms. The molecule has 3 heteroatoms. The summed E-state index contributed by atoms with van der Waals surface area (Å²) in [7, 11) is 1.74. The lowest BCUT2D eigenvalue weighted by molar-refractivity contribution is 0.166. The van der Waals surface area contributed by atoms with E-state index in [-0.39, 0.29) is 6.10 Å². The molecule has 2 rings (SSSR count). The highest BCUT2D eigenvalue weighted by atomic mass is 16.5. The quantitative estimate of drug-likeness (QED) is 0.855. The molecule has 0 fully saturated rings. The summed E-state index contributed by atoms with van der Waals surface area (Å²) in [6.07, 6.45) is 3.44. The van der Waals surface area contributed by atoms with Crippen molar-refractivity contribution in [3.05, 3.63) is 29.3 Å². The van der Waals surface area contributed by atoms with Crippen LogP contribution in [-0.4, -0.2) is 26.4 Å². The third-order valence-corrected chi connectivity index (χ3v) is 3.58. The van der Waals surface area contributed by atoms with Crippen molar-refractivity contribution < 1.29 is 9.47 Å². The average Bonchev–Trinajstić information content (AvgIpc) is 2.42. The first-order valence-corrected chi connectivity index (χ1v) is 7.26. The van der Waals surface area contributed by atoms with Gasteiger partial charge in [0.1, 0.15) is 5.75 Å². The minimum atomic E-state index is 0.284. The Balaban J connectivity index is 2.17. The molecule has 1 N–H and O–H groups in total. The summed E-state index contributed by atoms with van der Waals surface area (Å²) < 4.78 is 11.1. The van der Waals surface area contributed by atoms with E-state index in [9.17, 15) is 0 Å². The molecule has 3 nitrogen and oxygen atoms in total. The molecule has 0 aromatic heterocycles. The maximum atomic E-state index is 5.93. The van der Waals surface area contributed by atoms with E-state index in [1.165, 1.54) is 11.1 Å². The highest BCUT2D eigenvalue weighted by Crippen LogP contribution is 2.35. The minimum absolute atomic E-state index is 0.284. The maximum Gasteiger partial charge on any atom is 0.124 e. The second kappa shape index (κ2) is 6.92. The van der Waals surface area contributed by atoms with Crippen LogP contribution in [0.5, 0.6) is 5.75 Å². The van der Waals surface area contributed by atoms with Gasteiger partial charge in [-0.3, -0.25) is 0 Å². The van der Waals surface area contributed by atoms with E-state index in [4.69, 9.17) is 9.47 Å². The Hall–Kier alpha value is -1.06. The fourth-order valence-electron chi connectivity index (χ4n) is 2.59. The number of nitrogens with one attached hydrogen (secondary N) is 1. The van der Waals surface area contributed by atoms with E-state index >= 15 is 0 Å². The van der Waals surface area contributed by atoms with Gasteiger partial charge in [0.2, 0.25) is 0 Å². The van der Waals surface area contributed by atoms with Crippen LogP contribution in [0.25, 0.3) is 0 Å². The fourth-order valence-corrected chi connectivity index (χ4v) is 2.59. The van der Waals surface area contributed by atoms with Crippen LogP contribution < -0.4 is 10.1 Å². The predicted octanol–water partition coefficient (Wildman–Crippen LogP) is 3.09. The number of hydrogen-bond donors (Lipinski definition) is 1. The first kappa shape index (κ1) is 14.4. The zero-order valence-electron chi connectivity index (χ0n) is 12.2. The van der Waals surface area contributed by atoms with E-state index in [1.807, 2.05) is 0 Å². The average molecular weight is 263 g/mol. The van der Waals surface area contributed by atoms with Gasteiger partial charge in [-0.15, -0.1) is 0 Å². The third-order valence-electron chi connectivity index (χ3n) is 3.58. The molecule has 1 heterocycles. The van der Waals surface area contributed by atoms with E-state index in [0.717, 1.165) is 38.2 Å². The number of rotatable bonds is 6. The molecule has 1 aromatic carbocycles. The van der Waals surface area contributed by atoms with Gasteiger partial charge >= 0.3 is 0 Å². The Morgan fingerprint density at radius 1 is 1.42 bits per heavy atom. The Labute approximate surface area is 116 Å².